The Bertz CT molecular complexity index is 735. The predicted molar refractivity (Wildman–Crippen MR) is 68.5 cm³/mol. The summed E-state index contributed by atoms with van der Waals surface area (Å²) in [5.41, 5.74) is -1.92. The molecular formula is C13H6N2O7-2. The number of benzene rings is 2. The molecular weight excluding hydrogens is 296 g/mol. The number of hydrogen-bond donors (Lipinski definition) is 0. The minimum atomic E-state index is -0.928. The van der Waals surface area contributed by atoms with Crippen LogP contribution < -0.4 is 10.2 Å². The molecule has 0 aromatic heterocycles. The zero-order chi connectivity index (χ0) is 16.4. The van der Waals surface area contributed by atoms with Crippen molar-refractivity contribution < 1.29 is 24.9 Å². The average Bonchev–Trinajstić information content (AvgIpc) is 2.47. The standard InChI is InChI=1S/C13H8N2O7/c16-11-3-1-7(5-9(11)14(19)20)13(18)8-2-4-12(17)10(6-8)15(21)22/h1-6,16-17H/p-2. The monoisotopic (exact) mass is 302 g/mol. The lowest BCUT2D eigenvalue weighted by Crippen LogP contribution is -2.06. The van der Waals surface area contributed by atoms with Gasteiger partial charge in [0, 0.05) is 23.3 Å². The van der Waals surface area contributed by atoms with Crippen LogP contribution in [0.3, 0.4) is 0 Å². The third kappa shape index (κ3) is 2.68. The highest BCUT2D eigenvalue weighted by Gasteiger charge is 2.17. The number of hydrogen-bond acceptors (Lipinski definition) is 7. The van der Waals surface area contributed by atoms with Crippen LogP contribution in [0.5, 0.6) is 11.5 Å². The van der Waals surface area contributed by atoms with Gasteiger partial charge in [0.2, 0.25) is 0 Å². The number of rotatable bonds is 4. The van der Waals surface area contributed by atoms with Crippen molar-refractivity contribution in [2.75, 3.05) is 0 Å². The Morgan fingerprint density at radius 1 is 0.773 bits per heavy atom. The maximum Gasteiger partial charge on any atom is 0.262 e. The van der Waals surface area contributed by atoms with Crippen molar-refractivity contribution >= 4 is 17.2 Å². The lowest BCUT2D eigenvalue weighted by Gasteiger charge is -2.10. The topological polar surface area (TPSA) is 149 Å². The Morgan fingerprint density at radius 3 is 1.45 bits per heavy atom. The van der Waals surface area contributed by atoms with Crippen molar-refractivity contribution in [1.82, 2.24) is 0 Å². The van der Waals surface area contributed by atoms with Gasteiger partial charge in [-0.3, -0.25) is 25.0 Å². The minimum Gasteiger partial charge on any atom is -0.868 e. The van der Waals surface area contributed by atoms with Crippen LogP contribution in [-0.4, -0.2) is 15.6 Å². The molecule has 2 aromatic rings. The molecule has 0 saturated carbocycles. The predicted octanol–water partition coefficient (Wildman–Crippen LogP) is 0.881. The number of carbonyl (C=O) groups excluding carboxylic acids is 1. The quantitative estimate of drug-likeness (QED) is 0.462. The first kappa shape index (κ1) is 14.9. The summed E-state index contributed by atoms with van der Waals surface area (Å²) in [5.74, 6) is -2.49. The Hall–Kier alpha value is -3.49. The van der Waals surface area contributed by atoms with Gasteiger partial charge in [-0.1, -0.05) is 24.3 Å². The van der Waals surface area contributed by atoms with E-state index in [0.717, 1.165) is 36.4 Å². The van der Waals surface area contributed by atoms with E-state index in [-0.39, 0.29) is 11.1 Å². The first-order chi connectivity index (χ1) is 10.3. The van der Waals surface area contributed by atoms with E-state index in [1.54, 1.807) is 0 Å². The summed E-state index contributed by atoms with van der Waals surface area (Å²) in [7, 11) is 0. The molecule has 0 aliphatic heterocycles. The van der Waals surface area contributed by atoms with Crippen molar-refractivity contribution in [3.8, 4) is 11.5 Å². The molecule has 22 heavy (non-hydrogen) atoms. The van der Waals surface area contributed by atoms with Crippen LogP contribution >= 0.6 is 0 Å². The molecule has 0 atom stereocenters. The molecule has 2 aromatic carbocycles. The largest absolute Gasteiger partial charge is 0.868 e. The zero-order valence-corrected chi connectivity index (χ0v) is 10.7. The summed E-state index contributed by atoms with van der Waals surface area (Å²) in [6, 6.07) is 5.47. The van der Waals surface area contributed by atoms with E-state index in [1.165, 1.54) is 0 Å². The molecule has 0 unspecified atom stereocenters. The van der Waals surface area contributed by atoms with Gasteiger partial charge in [-0.2, -0.15) is 0 Å². The summed E-state index contributed by atoms with van der Waals surface area (Å²) in [4.78, 5) is 31.7. The van der Waals surface area contributed by atoms with Crippen LogP contribution in [0, 0.1) is 20.2 Å². The Morgan fingerprint density at radius 2 is 1.14 bits per heavy atom. The molecule has 9 heteroatoms. The van der Waals surface area contributed by atoms with Crippen LogP contribution in [0.2, 0.25) is 0 Å². The van der Waals surface area contributed by atoms with Gasteiger partial charge >= 0.3 is 0 Å². The summed E-state index contributed by atoms with van der Waals surface area (Å²) >= 11 is 0. The molecule has 0 spiro atoms. The van der Waals surface area contributed by atoms with E-state index in [9.17, 15) is 35.2 Å². The maximum absolute atomic E-state index is 12.2. The van der Waals surface area contributed by atoms with E-state index in [2.05, 4.69) is 0 Å². The fourth-order valence-corrected chi connectivity index (χ4v) is 1.77. The Kier molecular flexibility index (Phi) is 3.71. The van der Waals surface area contributed by atoms with Gasteiger partial charge < -0.3 is 10.2 Å². The molecule has 0 radical (unpaired) electrons. The van der Waals surface area contributed by atoms with Crippen LogP contribution in [-0.2, 0) is 0 Å². The molecule has 0 aliphatic carbocycles. The van der Waals surface area contributed by atoms with Crippen molar-refractivity contribution in [3.63, 3.8) is 0 Å². The van der Waals surface area contributed by atoms with E-state index >= 15 is 0 Å². The van der Waals surface area contributed by atoms with Crippen molar-refractivity contribution in [1.29, 1.82) is 0 Å². The molecule has 0 amide bonds. The SMILES string of the molecule is O=C(c1ccc([O-])c([N+](=O)[O-])c1)c1ccc([O-])c([N+](=O)[O-])c1. The molecule has 0 saturated heterocycles. The molecule has 0 bridgehead atoms. The fraction of sp³-hybridized carbons (Fsp3) is 0. The zero-order valence-electron chi connectivity index (χ0n) is 10.7. The number of nitro groups is 2. The van der Waals surface area contributed by atoms with E-state index in [1.807, 2.05) is 0 Å². The van der Waals surface area contributed by atoms with Gasteiger partial charge in [-0.15, -0.1) is 0 Å². The Balaban J connectivity index is 2.49. The summed E-state index contributed by atoms with van der Waals surface area (Å²) in [6.07, 6.45) is 0. The lowest BCUT2D eigenvalue weighted by atomic mass is 10.0. The van der Waals surface area contributed by atoms with E-state index in [4.69, 9.17) is 0 Å². The van der Waals surface area contributed by atoms with Crippen molar-refractivity contribution in [3.05, 3.63) is 67.8 Å². The maximum atomic E-state index is 12.2. The van der Waals surface area contributed by atoms with Gasteiger partial charge in [0.15, 0.2) is 5.78 Å². The lowest BCUT2D eigenvalue weighted by molar-refractivity contribution is -0.398. The highest BCUT2D eigenvalue weighted by atomic mass is 16.6. The highest BCUT2D eigenvalue weighted by Crippen LogP contribution is 2.28. The van der Waals surface area contributed by atoms with Crippen molar-refractivity contribution in [2.24, 2.45) is 0 Å². The normalized spacial score (nSPS) is 10.2. The second-order valence-electron chi connectivity index (χ2n) is 4.21. The van der Waals surface area contributed by atoms with Gasteiger partial charge in [0.05, 0.1) is 9.85 Å². The minimum absolute atomic E-state index is 0.181. The van der Waals surface area contributed by atoms with Crippen LogP contribution in [0.1, 0.15) is 15.9 Å². The molecule has 2 rings (SSSR count). The summed E-state index contributed by atoms with van der Waals surface area (Å²) in [6.45, 7) is 0. The van der Waals surface area contributed by atoms with Crippen LogP contribution in [0.25, 0.3) is 0 Å². The number of carbonyl (C=O) groups is 1. The highest BCUT2D eigenvalue weighted by molar-refractivity contribution is 6.09. The molecule has 9 nitrogen and oxygen atoms in total. The second kappa shape index (κ2) is 5.48. The molecule has 0 heterocycles. The smallest absolute Gasteiger partial charge is 0.262 e. The summed E-state index contributed by atoms with van der Waals surface area (Å²) < 4.78 is 0. The third-order valence-electron chi connectivity index (χ3n) is 2.84. The first-order valence-electron chi connectivity index (χ1n) is 5.77. The van der Waals surface area contributed by atoms with Crippen LogP contribution in [0.4, 0.5) is 11.4 Å². The fourth-order valence-electron chi connectivity index (χ4n) is 1.77. The van der Waals surface area contributed by atoms with Gasteiger partial charge in [-0.25, -0.2) is 0 Å². The third-order valence-corrected chi connectivity index (χ3v) is 2.84. The number of nitro benzene ring substituents is 2. The average molecular weight is 302 g/mol. The van der Waals surface area contributed by atoms with Gasteiger partial charge in [-0.05, 0) is 11.5 Å². The summed E-state index contributed by atoms with van der Waals surface area (Å²) in [5, 5.41) is 43.9. The molecule has 112 valence electrons. The molecule has 0 aliphatic rings. The van der Waals surface area contributed by atoms with Crippen LogP contribution in [0.15, 0.2) is 36.4 Å². The number of nitrogens with zero attached hydrogens (tertiary/aromatic N) is 2. The van der Waals surface area contributed by atoms with Gasteiger partial charge in [0.25, 0.3) is 11.4 Å². The molecule has 0 N–H and O–H groups in total. The molecule has 0 fully saturated rings. The second-order valence-corrected chi connectivity index (χ2v) is 4.21. The van der Waals surface area contributed by atoms with E-state index < -0.39 is 38.5 Å². The Labute approximate surface area is 122 Å². The van der Waals surface area contributed by atoms with Gasteiger partial charge in [0.1, 0.15) is 0 Å². The number of ketones is 1. The first-order valence-corrected chi connectivity index (χ1v) is 5.77. The van der Waals surface area contributed by atoms with E-state index in [0.29, 0.717) is 0 Å². The van der Waals surface area contributed by atoms with Crippen molar-refractivity contribution in [2.45, 2.75) is 0 Å².